The smallest absolute Gasteiger partial charge is 0.0550 e. The van der Waals surface area contributed by atoms with Crippen LogP contribution in [-0.2, 0) is 6.42 Å². The zero-order chi connectivity index (χ0) is 19.5. The average molecular weight is 407 g/mol. The number of piperidine rings is 3. The fourth-order valence-corrected chi connectivity index (χ4v) is 6.86. The SMILES string of the molecule is c1ccc(C(C2CCCCC2)C2C(=NCCc3cccs3)C3CCN2CC3)cc1. The molecule has 4 aliphatic rings. The minimum absolute atomic E-state index is 0.538. The summed E-state index contributed by atoms with van der Waals surface area (Å²) in [7, 11) is 0. The third-order valence-corrected chi connectivity index (χ3v) is 8.50. The third kappa shape index (κ3) is 4.22. The van der Waals surface area contributed by atoms with Crippen LogP contribution in [0, 0.1) is 11.8 Å². The van der Waals surface area contributed by atoms with E-state index in [0.717, 1.165) is 24.8 Å². The molecule has 4 heterocycles. The van der Waals surface area contributed by atoms with Gasteiger partial charge in [-0.2, -0.15) is 0 Å². The molecule has 3 saturated heterocycles. The molecule has 29 heavy (non-hydrogen) atoms. The van der Waals surface area contributed by atoms with E-state index in [1.165, 1.54) is 62.9 Å². The maximum absolute atomic E-state index is 5.35. The van der Waals surface area contributed by atoms with Gasteiger partial charge in [-0.3, -0.25) is 9.89 Å². The highest BCUT2D eigenvalue weighted by atomic mass is 32.1. The first-order chi connectivity index (χ1) is 14.4. The molecule has 2 atom stereocenters. The van der Waals surface area contributed by atoms with Crippen molar-refractivity contribution in [3.05, 3.63) is 58.3 Å². The van der Waals surface area contributed by atoms with Gasteiger partial charge in [0.1, 0.15) is 0 Å². The van der Waals surface area contributed by atoms with Gasteiger partial charge >= 0.3 is 0 Å². The highest BCUT2D eigenvalue weighted by molar-refractivity contribution is 7.09. The zero-order valence-corrected chi connectivity index (χ0v) is 18.3. The fraction of sp³-hybridized carbons (Fsp3) is 0.577. The van der Waals surface area contributed by atoms with E-state index in [2.05, 4.69) is 52.7 Å². The van der Waals surface area contributed by atoms with Gasteiger partial charge in [-0.15, -0.1) is 11.3 Å². The van der Waals surface area contributed by atoms with E-state index in [4.69, 9.17) is 4.99 Å². The number of aliphatic imine (C=N–C) groups is 1. The van der Waals surface area contributed by atoms with Crippen molar-refractivity contribution in [1.29, 1.82) is 0 Å². The Labute approximate surface area is 180 Å². The summed E-state index contributed by atoms with van der Waals surface area (Å²) in [5.74, 6) is 2.17. The second kappa shape index (κ2) is 9.14. The van der Waals surface area contributed by atoms with Crippen LogP contribution in [0.2, 0.25) is 0 Å². The summed E-state index contributed by atoms with van der Waals surface area (Å²) in [6, 6.07) is 16.4. The summed E-state index contributed by atoms with van der Waals surface area (Å²) in [6.07, 6.45) is 10.8. The Morgan fingerprint density at radius 2 is 1.72 bits per heavy atom. The standard InChI is InChI=1S/C26H34N2S/c1-3-8-20(9-4-1)24(21-10-5-2-6-11-21)26-25(22-14-17-28(26)18-15-22)27-16-13-23-12-7-19-29-23/h1,3-4,7-9,12,19,21-22,24,26H,2,5-6,10-11,13-18H2. The molecule has 2 nitrogen and oxygen atoms in total. The molecule has 4 fully saturated rings. The Morgan fingerprint density at radius 1 is 0.931 bits per heavy atom. The fourth-order valence-electron chi connectivity index (χ4n) is 6.17. The number of nitrogens with zero attached hydrogens (tertiary/aromatic N) is 2. The maximum Gasteiger partial charge on any atom is 0.0550 e. The Morgan fingerprint density at radius 3 is 2.45 bits per heavy atom. The van der Waals surface area contributed by atoms with E-state index in [9.17, 15) is 0 Å². The van der Waals surface area contributed by atoms with Crippen molar-refractivity contribution in [3.8, 4) is 0 Å². The van der Waals surface area contributed by atoms with Gasteiger partial charge in [-0.05, 0) is 61.7 Å². The highest BCUT2D eigenvalue weighted by Crippen LogP contribution is 2.44. The molecule has 0 radical (unpaired) electrons. The largest absolute Gasteiger partial charge is 0.294 e. The van der Waals surface area contributed by atoms with Crippen molar-refractivity contribution in [2.45, 2.75) is 63.3 Å². The molecular weight excluding hydrogens is 372 g/mol. The number of thiophene rings is 1. The minimum atomic E-state index is 0.538. The maximum atomic E-state index is 5.35. The second-order valence-corrected chi connectivity index (χ2v) is 10.3. The lowest BCUT2D eigenvalue weighted by Gasteiger charge is -2.51. The second-order valence-electron chi connectivity index (χ2n) is 9.23. The van der Waals surface area contributed by atoms with Crippen LogP contribution in [-0.4, -0.2) is 36.3 Å². The summed E-state index contributed by atoms with van der Waals surface area (Å²) in [4.78, 5) is 9.62. The van der Waals surface area contributed by atoms with Crippen LogP contribution in [0.25, 0.3) is 0 Å². The predicted octanol–water partition coefficient (Wildman–Crippen LogP) is 6.19. The van der Waals surface area contributed by atoms with E-state index in [0.29, 0.717) is 12.0 Å². The van der Waals surface area contributed by atoms with Gasteiger partial charge in [0.15, 0.2) is 0 Å². The molecule has 1 saturated carbocycles. The first-order valence-corrected chi connectivity index (χ1v) is 12.6. The molecular formula is C26H34N2S. The van der Waals surface area contributed by atoms with Crippen LogP contribution >= 0.6 is 11.3 Å². The number of hydrogen-bond acceptors (Lipinski definition) is 3. The molecule has 3 aliphatic heterocycles. The van der Waals surface area contributed by atoms with Gasteiger partial charge in [0.25, 0.3) is 0 Å². The molecule has 2 aromatic rings. The van der Waals surface area contributed by atoms with Crippen molar-refractivity contribution in [3.63, 3.8) is 0 Å². The molecule has 1 aromatic carbocycles. The van der Waals surface area contributed by atoms with E-state index in [-0.39, 0.29) is 0 Å². The molecule has 0 spiro atoms. The van der Waals surface area contributed by atoms with Gasteiger partial charge in [-0.1, -0.05) is 55.7 Å². The van der Waals surface area contributed by atoms with Crippen molar-refractivity contribution in [2.75, 3.05) is 19.6 Å². The molecule has 1 aliphatic carbocycles. The Hall–Kier alpha value is -1.45. The third-order valence-electron chi connectivity index (χ3n) is 7.56. The predicted molar refractivity (Wildman–Crippen MR) is 124 cm³/mol. The molecule has 2 unspecified atom stereocenters. The van der Waals surface area contributed by atoms with Gasteiger partial charge in [0.2, 0.25) is 0 Å². The van der Waals surface area contributed by atoms with Crippen LogP contribution in [0.1, 0.15) is 61.3 Å². The molecule has 1 aromatic heterocycles. The summed E-state index contributed by atoms with van der Waals surface area (Å²) in [5, 5.41) is 2.19. The van der Waals surface area contributed by atoms with E-state index < -0.39 is 0 Å². The van der Waals surface area contributed by atoms with Gasteiger partial charge < -0.3 is 0 Å². The lowest BCUT2D eigenvalue weighted by Crippen LogP contribution is -2.58. The normalized spacial score (nSPS) is 29.9. The van der Waals surface area contributed by atoms with Gasteiger partial charge in [0, 0.05) is 35.4 Å². The van der Waals surface area contributed by atoms with Crippen LogP contribution in [0.5, 0.6) is 0 Å². The van der Waals surface area contributed by atoms with Crippen LogP contribution in [0.4, 0.5) is 0 Å². The first-order valence-electron chi connectivity index (χ1n) is 11.8. The molecule has 0 amide bonds. The highest BCUT2D eigenvalue weighted by Gasteiger charge is 2.45. The Kier molecular flexibility index (Phi) is 6.15. The van der Waals surface area contributed by atoms with Gasteiger partial charge in [0.05, 0.1) is 6.04 Å². The van der Waals surface area contributed by atoms with Crippen LogP contribution in [0.15, 0.2) is 52.8 Å². The lowest BCUT2D eigenvalue weighted by molar-refractivity contribution is 0.105. The molecule has 154 valence electrons. The molecule has 2 bridgehead atoms. The zero-order valence-electron chi connectivity index (χ0n) is 17.5. The summed E-state index contributed by atoms with van der Waals surface area (Å²) >= 11 is 1.87. The Balaban J connectivity index is 1.46. The average Bonchev–Trinajstić information content (AvgIpc) is 3.31. The van der Waals surface area contributed by atoms with Crippen molar-refractivity contribution in [2.24, 2.45) is 16.8 Å². The van der Waals surface area contributed by atoms with Crippen LogP contribution in [0.3, 0.4) is 0 Å². The topological polar surface area (TPSA) is 15.6 Å². The lowest BCUT2D eigenvalue weighted by atomic mass is 9.67. The summed E-state index contributed by atoms with van der Waals surface area (Å²) < 4.78 is 0. The van der Waals surface area contributed by atoms with E-state index >= 15 is 0 Å². The summed E-state index contributed by atoms with van der Waals surface area (Å²) in [5.41, 5.74) is 3.11. The number of hydrogen-bond donors (Lipinski definition) is 0. The van der Waals surface area contributed by atoms with E-state index in [1.807, 2.05) is 11.3 Å². The molecule has 6 rings (SSSR count). The molecule has 0 N–H and O–H groups in total. The summed E-state index contributed by atoms with van der Waals surface area (Å²) in [6.45, 7) is 3.51. The van der Waals surface area contributed by atoms with Crippen LogP contribution < -0.4 is 0 Å². The van der Waals surface area contributed by atoms with Crippen molar-refractivity contribution in [1.82, 2.24) is 4.90 Å². The monoisotopic (exact) mass is 406 g/mol. The van der Waals surface area contributed by atoms with Gasteiger partial charge in [-0.25, -0.2) is 0 Å². The first kappa shape index (κ1) is 19.5. The Bertz CT molecular complexity index is 783. The van der Waals surface area contributed by atoms with Crippen molar-refractivity contribution >= 4 is 17.0 Å². The minimum Gasteiger partial charge on any atom is -0.294 e. The molecule has 3 heteroatoms. The quantitative estimate of drug-likeness (QED) is 0.558. The number of benzene rings is 1. The van der Waals surface area contributed by atoms with Crippen molar-refractivity contribution < 1.29 is 0 Å². The number of fused-ring (bicyclic) bond motifs is 3. The van der Waals surface area contributed by atoms with E-state index in [1.54, 1.807) is 11.3 Å². The number of rotatable bonds is 6.